The van der Waals surface area contributed by atoms with Crippen molar-refractivity contribution in [2.75, 3.05) is 26.1 Å². The summed E-state index contributed by atoms with van der Waals surface area (Å²) in [7, 11) is 3.13. The SMILES string of the molecule is COC(=O)C1(CNc2cc(C)c(OC)c(C)c2)CC1. The topological polar surface area (TPSA) is 47.6 Å². The van der Waals surface area contributed by atoms with E-state index >= 15 is 0 Å². The van der Waals surface area contributed by atoms with Crippen molar-refractivity contribution in [3.05, 3.63) is 23.3 Å². The normalized spacial score (nSPS) is 15.8. The number of nitrogens with one attached hydrogen (secondary N) is 1. The maximum Gasteiger partial charge on any atom is 0.313 e. The second kappa shape index (κ2) is 5.11. The van der Waals surface area contributed by atoms with Crippen LogP contribution in [0, 0.1) is 19.3 Å². The maximum absolute atomic E-state index is 11.7. The molecule has 0 saturated heterocycles. The van der Waals surface area contributed by atoms with Gasteiger partial charge >= 0.3 is 5.97 Å². The average molecular weight is 263 g/mol. The van der Waals surface area contributed by atoms with Crippen LogP contribution < -0.4 is 10.1 Å². The summed E-state index contributed by atoms with van der Waals surface area (Å²) in [6.07, 6.45) is 1.81. The highest BCUT2D eigenvalue weighted by Crippen LogP contribution is 2.46. The number of carbonyl (C=O) groups excluding carboxylic acids is 1. The molecule has 1 saturated carbocycles. The number of ether oxygens (including phenoxy) is 2. The van der Waals surface area contributed by atoms with Gasteiger partial charge in [0.25, 0.3) is 0 Å². The molecule has 1 aromatic carbocycles. The van der Waals surface area contributed by atoms with Gasteiger partial charge in [-0.05, 0) is 49.9 Å². The van der Waals surface area contributed by atoms with E-state index in [2.05, 4.69) is 5.32 Å². The van der Waals surface area contributed by atoms with E-state index in [0.717, 1.165) is 35.4 Å². The molecule has 0 atom stereocenters. The summed E-state index contributed by atoms with van der Waals surface area (Å²) in [5.74, 6) is 0.807. The fourth-order valence-electron chi connectivity index (χ4n) is 2.47. The molecule has 4 heteroatoms. The number of aryl methyl sites for hydroxylation is 2. The summed E-state index contributed by atoms with van der Waals surface area (Å²) in [5.41, 5.74) is 2.89. The first-order valence-electron chi connectivity index (χ1n) is 6.50. The minimum Gasteiger partial charge on any atom is -0.496 e. The van der Waals surface area contributed by atoms with Gasteiger partial charge in [0.1, 0.15) is 5.75 Å². The van der Waals surface area contributed by atoms with Crippen molar-refractivity contribution < 1.29 is 14.3 Å². The Bertz CT molecular complexity index is 469. The van der Waals surface area contributed by atoms with Crippen molar-refractivity contribution in [1.29, 1.82) is 0 Å². The predicted molar refractivity (Wildman–Crippen MR) is 74.6 cm³/mol. The van der Waals surface area contributed by atoms with Crippen molar-refractivity contribution in [3.8, 4) is 5.75 Å². The minimum atomic E-state index is -0.309. The van der Waals surface area contributed by atoms with Gasteiger partial charge in [-0.1, -0.05) is 0 Å². The molecule has 0 unspecified atom stereocenters. The third kappa shape index (κ3) is 2.67. The highest BCUT2D eigenvalue weighted by atomic mass is 16.5. The van der Waals surface area contributed by atoms with Gasteiger partial charge in [-0.2, -0.15) is 0 Å². The van der Waals surface area contributed by atoms with E-state index in [-0.39, 0.29) is 11.4 Å². The quantitative estimate of drug-likeness (QED) is 0.830. The van der Waals surface area contributed by atoms with Crippen molar-refractivity contribution >= 4 is 11.7 Å². The third-order valence-corrected chi connectivity index (χ3v) is 3.77. The van der Waals surface area contributed by atoms with E-state index in [9.17, 15) is 4.79 Å². The van der Waals surface area contributed by atoms with Gasteiger partial charge in [0, 0.05) is 12.2 Å². The third-order valence-electron chi connectivity index (χ3n) is 3.77. The van der Waals surface area contributed by atoms with Crippen LogP contribution in [-0.2, 0) is 9.53 Å². The Hall–Kier alpha value is -1.71. The van der Waals surface area contributed by atoms with Crippen LogP contribution in [0.15, 0.2) is 12.1 Å². The first kappa shape index (κ1) is 13.7. The first-order valence-corrected chi connectivity index (χ1v) is 6.50. The molecule has 0 heterocycles. The van der Waals surface area contributed by atoms with Gasteiger partial charge in [0.05, 0.1) is 19.6 Å². The second-order valence-electron chi connectivity index (χ2n) is 5.27. The number of benzene rings is 1. The Morgan fingerprint density at radius 2 is 1.84 bits per heavy atom. The zero-order valence-corrected chi connectivity index (χ0v) is 12.0. The molecule has 1 fully saturated rings. The Balaban J connectivity index is 2.07. The Morgan fingerprint density at radius 3 is 2.26 bits per heavy atom. The van der Waals surface area contributed by atoms with Gasteiger partial charge in [0.2, 0.25) is 0 Å². The fraction of sp³-hybridized carbons (Fsp3) is 0.533. The molecule has 1 aliphatic rings. The lowest BCUT2D eigenvalue weighted by molar-refractivity contribution is -0.146. The number of anilines is 1. The molecule has 0 bridgehead atoms. The molecule has 0 radical (unpaired) electrons. The molecule has 19 heavy (non-hydrogen) atoms. The van der Waals surface area contributed by atoms with E-state index in [1.54, 1.807) is 7.11 Å². The smallest absolute Gasteiger partial charge is 0.313 e. The van der Waals surface area contributed by atoms with E-state index in [0.29, 0.717) is 6.54 Å². The van der Waals surface area contributed by atoms with Gasteiger partial charge in [-0.15, -0.1) is 0 Å². The molecule has 0 aliphatic heterocycles. The Kier molecular flexibility index (Phi) is 3.69. The lowest BCUT2D eigenvalue weighted by Crippen LogP contribution is -2.26. The fourth-order valence-corrected chi connectivity index (χ4v) is 2.47. The maximum atomic E-state index is 11.7. The van der Waals surface area contributed by atoms with Crippen LogP contribution in [0.25, 0.3) is 0 Å². The molecular weight excluding hydrogens is 242 g/mol. The Morgan fingerprint density at radius 1 is 1.26 bits per heavy atom. The highest BCUT2D eigenvalue weighted by Gasteiger charge is 2.50. The van der Waals surface area contributed by atoms with Gasteiger partial charge in [-0.3, -0.25) is 4.79 Å². The summed E-state index contributed by atoms with van der Waals surface area (Å²) in [4.78, 5) is 11.7. The number of hydrogen-bond donors (Lipinski definition) is 1. The second-order valence-corrected chi connectivity index (χ2v) is 5.27. The van der Waals surface area contributed by atoms with Crippen LogP contribution in [0.1, 0.15) is 24.0 Å². The lowest BCUT2D eigenvalue weighted by atomic mass is 10.1. The average Bonchev–Trinajstić information content (AvgIpc) is 3.16. The van der Waals surface area contributed by atoms with Crippen molar-refractivity contribution in [2.24, 2.45) is 5.41 Å². The standard InChI is InChI=1S/C15H21NO3/c1-10-7-12(8-11(2)13(10)18-3)16-9-15(5-6-15)14(17)19-4/h7-8,16H,5-6,9H2,1-4H3. The largest absolute Gasteiger partial charge is 0.496 e. The van der Waals surface area contributed by atoms with Crippen LogP contribution in [0.2, 0.25) is 0 Å². The molecule has 1 N–H and O–H groups in total. The number of hydrogen-bond acceptors (Lipinski definition) is 4. The molecule has 0 aromatic heterocycles. The van der Waals surface area contributed by atoms with Crippen LogP contribution >= 0.6 is 0 Å². The van der Waals surface area contributed by atoms with Gasteiger partial charge in [0.15, 0.2) is 0 Å². The summed E-state index contributed by atoms with van der Waals surface area (Å²) in [6, 6.07) is 4.08. The molecular formula is C15H21NO3. The lowest BCUT2D eigenvalue weighted by Gasteiger charge is -2.16. The van der Waals surface area contributed by atoms with Crippen LogP contribution in [0.3, 0.4) is 0 Å². The van der Waals surface area contributed by atoms with Gasteiger partial charge in [-0.25, -0.2) is 0 Å². The van der Waals surface area contributed by atoms with Gasteiger partial charge < -0.3 is 14.8 Å². The summed E-state index contributed by atoms with van der Waals surface area (Å²) in [5, 5.41) is 3.34. The van der Waals surface area contributed by atoms with E-state index in [4.69, 9.17) is 9.47 Å². The number of methoxy groups -OCH3 is 2. The van der Waals surface area contributed by atoms with Crippen LogP contribution in [0.4, 0.5) is 5.69 Å². The molecule has 1 aromatic rings. The molecule has 4 nitrogen and oxygen atoms in total. The molecule has 2 rings (SSSR count). The monoisotopic (exact) mass is 263 g/mol. The zero-order chi connectivity index (χ0) is 14.0. The molecule has 0 amide bonds. The number of carbonyl (C=O) groups is 1. The van der Waals surface area contributed by atoms with E-state index in [1.807, 2.05) is 26.0 Å². The zero-order valence-electron chi connectivity index (χ0n) is 12.0. The summed E-state index contributed by atoms with van der Waals surface area (Å²) >= 11 is 0. The first-order chi connectivity index (χ1) is 9.02. The molecule has 0 spiro atoms. The summed E-state index contributed by atoms with van der Waals surface area (Å²) < 4.78 is 10.2. The minimum absolute atomic E-state index is 0.109. The van der Waals surface area contributed by atoms with Crippen molar-refractivity contribution in [1.82, 2.24) is 0 Å². The van der Waals surface area contributed by atoms with Crippen LogP contribution in [0.5, 0.6) is 5.75 Å². The van der Waals surface area contributed by atoms with Crippen LogP contribution in [-0.4, -0.2) is 26.7 Å². The molecule has 1 aliphatic carbocycles. The van der Waals surface area contributed by atoms with Crippen molar-refractivity contribution in [2.45, 2.75) is 26.7 Å². The highest BCUT2D eigenvalue weighted by molar-refractivity contribution is 5.80. The van der Waals surface area contributed by atoms with E-state index < -0.39 is 0 Å². The predicted octanol–water partition coefficient (Wildman–Crippen LogP) is 2.68. The Labute approximate surface area is 114 Å². The number of esters is 1. The number of rotatable bonds is 5. The van der Waals surface area contributed by atoms with E-state index in [1.165, 1.54) is 7.11 Å². The summed E-state index contributed by atoms with van der Waals surface area (Å²) in [6.45, 7) is 4.67. The molecule has 104 valence electrons. The van der Waals surface area contributed by atoms with Crippen molar-refractivity contribution in [3.63, 3.8) is 0 Å².